The number of rotatable bonds is 4. The quantitative estimate of drug-likeness (QED) is 0.707. The van der Waals surface area contributed by atoms with Crippen LogP contribution in [0.15, 0.2) is 48.5 Å². The molecule has 2 aromatic carbocycles. The number of benzene rings is 2. The maximum absolute atomic E-state index is 12.9. The number of nitrogens with zero attached hydrogens (tertiary/aromatic N) is 1. The summed E-state index contributed by atoms with van der Waals surface area (Å²) in [5.74, 6) is -0.522. The number of fused-ring (bicyclic) bond motifs is 1. The Morgan fingerprint density at radius 2 is 1.97 bits per heavy atom. The highest BCUT2D eigenvalue weighted by molar-refractivity contribution is 6.30. The van der Waals surface area contributed by atoms with Crippen molar-refractivity contribution in [3.8, 4) is 5.75 Å². The molecule has 8 heteroatoms. The Morgan fingerprint density at radius 3 is 2.69 bits per heavy atom. The molecule has 3 N–H and O–H groups in total. The van der Waals surface area contributed by atoms with Crippen molar-refractivity contribution in [3.05, 3.63) is 64.7 Å². The third kappa shape index (κ3) is 4.05. The lowest BCUT2D eigenvalue weighted by molar-refractivity contribution is -0.147. The molecule has 2 saturated heterocycles. The Bertz CT molecular complexity index is 963. The maximum atomic E-state index is 12.9. The van der Waals surface area contributed by atoms with Gasteiger partial charge in [0.15, 0.2) is 0 Å². The van der Waals surface area contributed by atoms with Gasteiger partial charge in [0.1, 0.15) is 17.8 Å². The Labute approximate surface area is 172 Å². The molecule has 0 bridgehead atoms. The molecule has 2 aliphatic heterocycles. The van der Waals surface area contributed by atoms with E-state index in [1.807, 2.05) is 0 Å². The molecule has 2 aromatic rings. The summed E-state index contributed by atoms with van der Waals surface area (Å²) in [4.78, 5) is 39.5. The van der Waals surface area contributed by atoms with Crippen molar-refractivity contribution in [1.29, 1.82) is 0 Å². The van der Waals surface area contributed by atoms with Gasteiger partial charge in [0.2, 0.25) is 11.8 Å². The van der Waals surface area contributed by atoms with Crippen molar-refractivity contribution in [1.82, 2.24) is 15.5 Å². The molecule has 3 amide bonds. The number of halogens is 1. The molecule has 2 aliphatic rings. The summed E-state index contributed by atoms with van der Waals surface area (Å²) < 4.78 is 0. The number of phenolic OH excluding ortho intramolecular Hbond substituents is 1. The predicted octanol–water partition coefficient (Wildman–Crippen LogP) is 1.49. The zero-order chi connectivity index (χ0) is 20.5. The van der Waals surface area contributed by atoms with E-state index in [0.29, 0.717) is 23.4 Å². The summed E-state index contributed by atoms with van der Waals surface area (Å²) in [6.45, 7) is 0.287. The fourth-order valence-corrected chi connectivity index (χ4v) is 4.06. The minimum atomic E-state index is -0.661. The fraction of sp³-hybridized carbons (Fsp3) is 0.286. The molecule has 7 nitrogen and oxygen atoms in total. The average Bonchev–Trinajstić information content (AvgIpc) is 3.12. The number of phenols is 1. The molecule has 0 aliphatic carbocycles. The van der Waals surface area contributed by atoms with Gasteiger partial charge in [-0.1, -0.05) is 29.8 Å². The summed E-state index contributed by atoms with van der Waals surface area (Å²) in [5, 5.41) is 15.5. The average molecular weight is 414 g/mol. The van der Waals surface area contributed by atoms with Gasteiger partial charge in [-0.2, -0.15) is 0 Å². The summed E-state index contributed by atoms with van der Waals surface area (Å²) >= 11 is 5.93. The van der Waals surface area contributed by atoms with Crippen LogP contribution in [-0.4, -0.2) is 52.4 Å². The lowest BCUT2D eigenvalue weighted by atomic mass is 10.0. The lowest BCUT2D eigenvalue weighted by Crippen LogP contribution is -2.61. The van der Waals surface area contributed by atoms with E-state index in [1.54, 1.807) is 53.4 Å². The molecule has 150 valence electrons. The van der Waals surface area contributed by atoms with Gasteiger partial charge in [0.05, 0.1) is 0 Å². The number of piperazine rings is 1. The van der Waals surface area contributed by atoms with E-state index in [-0.39, 0.29) is 36.1 Å². The van der Waals surface area contributed by atoms with Crippen LogP contribution in [-0.2, 0) is 16.0 Å². The second-order valence-corrected chi connectivity index (χ2v) is 7.79. The molecule has 2 fully saturated rings. The molecule has 0 aromatic heterocycles. The molecule has 0 saturated carbocycles. The van der Waals surface area contributed by atoms with E-state index in [1.165, 1.54) is 0 Å². The van der Waals surface area contributed by atoms with Crippen LogP contribution in [0.4, 0.5) is 0 Å². The minimum Gasteiger partial charge on any atom is -0.508 e. The number of aromatic hydroxyl groups is 1. The Hall–Kier alpha value is -3.06. The van der Waals surface area contributed by atoms with Crippen LogP contribution in [0.1, 0.15) is 22.3 Å². The summed E-state index contributed by atoms with van der Waals surface area (Å²) in [6.07, 6.45) is 0.712. The first-order valence-electron chi connectivity index (χ1n) is 9.36. The van der Waals surface area contributed by atoms with Gasteiger partial charge in [-0.15, -0.1) is 0 Å². The predicted molar refractivity (Wildman–Crippen MR) is 107 cm³/mol. The standard InChI is InChI=1S/C21H20ClN3O4/c22-14-3-1-2-13(9-14)19(27)23-15-10-18-20(28)24-17(21(29)25(18)11-15)8-12-4-6-16(26)7-5-12/h1-7,9,15,17-18,26H,8,10-11H2,(H,23,27)(H,24,28)/t15-,17+,18-/m0/s1. The number of amides is 3. The van der Waals surface area contributed by atoms with E-state index < -0.39 is 12.1 Å². The molecule has 2 heterocycles. The van der Waals surface area contributed by atoms with Gasteiger partial charge < -0.3 is 20.6 Å². The minimum absolute atomic E-state index is 0.144. The van der Waals surface area contributed by atoms with Gasteiger partial charge in [-0.05, 0) is 42.3 Å². The molecular weight excluding hydrogens is 394 g/mol. The summed E-state index contributed by atoms with van der Waals surface area (Å²) in [6, 6.07) is 11.6. The van der Waals surface area contributed by atoms with Crippen LogP contribution in [0.2, 0.25) is 5.02 Å². The van der Waals surface area contributed by atoms with Gasteiger partial charge in [0.25, 0.3) is 5.91 Å². The van der Waals surface area contributed by atoms with Crippen molar-refractivity contribution in [2.45, 2.75) is 31.0 Å². The zero-order valence-electron chi connectivity index (χ0n) is 15.5. The first kappa shape index (κ1) is 19.3. The number of hydrogen-bond donors (Lipinski definition) is 3. The summed E-state index contributed by atoms with van der Waals surface area (Å²) in [7, 11) is 0. The van der Waals surface area contributed by atoms with Crippen LogP contribution >= 0.6 is 11.6 Å². The highest BCUT2D eigenvalue weighted by atomic mass is 35.5. The first-order chi connectivity index (χ1) is 13.9. The normalized spacial score (nSPS) is 23.5. The molecule has 3 atom stereocenters. The number of carbonyl (C=O) groups excluding carboxylic acids is 3. The van der Waals surface area contributed by atoms with Crippen molar-refractivity contribution < 1.29 is 19.5 Å². The van der Waals surface area contributed by atoms with Gasteiger partial charge in [-0.3, -0.25) is 14.4 Å². The molecule has 0 unspecified atom stereocenters. The topological polar surface area (TPSA) is 98.7 Å². The van der Waals surface area contributed by atoms with Crippen LogP contribution in [0, 0.1) is 0 Å². The second-order valence-electron chi connectivity index (χ2n) is 7.35. The number of carbonyl (C=O) groups is 3. The Kier molecular flexibility index (Phi) is 5.15. The first-order valence-corrected chi connectivity index (χ1v) is 9.73. The third-order valence-corrected chi connectivity index (χ3v) is 5.53. The van der Waals surface area contributed by atoms with Gasteiger partial charge >= 0.3 is 0 Å². The lowest BCUT2D eigenvalue weighted by Gasteiger charge is -2.34. The molecular formula is C21H20ClN3O4. The largest absolute Gasteiger partial charge is 0.508 e. The monoisotopic (exact) mass is 413 g/mol. The smallest absolute Gasteiger partial charge is 0.251 e. The van der Waals surface area contributed by atoms with Gasteiger partial charge in [0, 0.05) is 29.6 Å². The molecule has 29 heavy (non-hydrogen) atoms. The van der Waals surface area contributed by atoms with Crippen LogP contribution in [0.5, 0.6) is 5.75 Å². The van der Waals surface area contributed by atoms with E-state index in [4.69, 9.17) is 11.6 Å². The van der Waals surface area contributed by atoms with Crippen molar-refractivity contribution in [3.63, 3.8) is 0 Å². The van der Waals surface area contributed by atoms with Crippen molar-refractivity contribution in [2.24, 2.45) is 0 Å². The number of hydrogen-bond acceptors (Lipinski definition) is 4. The highest BCUT2D eigenvalue weighted by Crippen LogP contribution is 2.24. The Morgan fingerprint density at radius 1 is 1.21 bits per heavy atom. The van der Waals surface area contributed by atoms with E-state index in [9.17, 15) is 19.5 Å². The highest BCUT2D eigenvalue weighted by Gasteiger charge is 2.46. The van der Waals surface area contributed by atoms with E-state index in [2.05, 4.69) is 10.6 Å². The van der Waals surface area contributed by atoms with Crippen molar-refractivity contribution in [2.75, 3.05) is 6.54 Å². The van der Waals surface area contributed by atoms with E-state index >= 15 is 0 Å². The van der Waals surface area contributed by atoms with E-state index in [0.717, 1.165) is 5.56 Å². The van der Waals surface area contributed by atoms with Crippen LogP contribution in [0.3, 0.4) is 0 Å². The second kappa shape index (κ2) is 7.75. The van der Waals surface area contributed by atoms with Crippen molar-refractivity contribution >= 4 is 29.3 Å². The fourth-order valence-electron chi connectivity index (χ4n) is 3.87. The zero-order valence-corrected chi connectivity index (χ0v) is 16.2. The van der Waals surface area contributed by atoms with Crippen LogP contribution in [0.25, 0.3) is 0 Å². The third-order valence-electron chi connectivity index (χ3n) is 5.30. The summed E-state index contributed by atoms with van der Waals surface area (Å²) in [5.41, 5.74) is 1.27. The molecule has 4 rings (SSSR count). The van der Waals surface area contributed by atoms with Gasteiger partial charge in [-0.25, -0.2) is 0 Å². The molecule has 0 spiro atoms. The van der Waals surface area contributed by atoms with Crippen LogP contribution < -0.4 is 10.6 Å². The maximum Gasteiger partial charge on any atom is 0.251 e. The Balaban J connectivity index is 1.42. The SMILES string of the molecule is O=C(N[C@H]1C[C@H]2C(=O)N[C@H](Cc3ccc(O)cc3)C(=O)N2C1)c1cccc(Cl)c1. The number of nitrogens with one attached hydrogen (secondary N) is 2. The molecule has 0 radical (unpaired) electrons.